The molecule has 0 saturated carbocycles. The van der Waals surface area contributed by atoms with Crippen LogP contribution in [0.15, 0.2) is 77.8 Å². The van der Waals surface area contributed by atoms with Crippen LogP contribution in [0.4, 0.5) is 4.79 Å². The Morgan fingerprint density at radius 3 is 2.48 bits per heavy atom. The molecule has 0 spiro atoms. The van der Waals surface area contributed by atoms with Crippen LogP contribution >= 0.6 is 11.8 Å². The number of amides is 2. The van der Waals surface area contributed by atoms with E-state index in [9.17, 15) is 9.59 Å². The summed E-state index contributed by atoms with van der Waals surface area (Å²) >= 11 is 1.02. The highest BCUT2D eigenvalue weighted by atomic mass is 32.2. The van der Waals surface area contributed by atoms with Crippen molar-refractivity contribution in [3.8, 4) is 5.69 Å². The summed E-state index contributed by atoms with van der Waals surface area (Å²) < 4.78 is 2.04. The predicted octanol–water partition coefficient (Wildman–Crippen LogP) is 5.45. The average Bonchev–Trinajstić information content (AvgIpc) is 3.29. The highest BCUT2D eigenvalue weighted by Crippen LogP contribution is 2.33. The summed E-state index contributed by atoms with van der Waals surface area (Å²) in [5, 5.41) is -0.191. The van der Waals surface area contributed by atoms with Crippen molar-refractivity contribution in [1.82, 2.24) is 9.47 Å². The number of carbonyl (C=O) groups excluding carboxylic acids is 2. The fraction of sp³-hybridized carbons (Fsp3) is 0.167. The molecular weight excluding hydrogens is 380 g/mol. The molecule has 29 heavy (non-hydrogen) atoms. The van der Waals surface area contributed by atoms with Gasteiger partial charge >= 0.3 is 0 Å². The van der Waals surface area contributed by atoms with Gasteiger partial charge in [-0.3, -0.25) is 14.5 Å². The largest absolute Gasteiger partial charge is 0.317 e. The molecule has 146 valence electrons. The molecule has 0 radical (unpaired) electrons. The molecule has 0 atom stereocenters. The van der Waals surface area contributed by atoms with Crippen molar-refractivity contribution in [2.45, 2.75) is 19.8 Å². The molecule has 0 unspecified atom stereocenters. The summed E-state index contributed by atoms with van der Waals surface area (Å²) in [5.74, 6) is -0.203. The minimum absolute atomic E-state index is 0.191. The minimum atomic E-state index is -0.203. The second kappa shape index (κ2) is 8.53. The molecule has 3 aromatic rings. The van der Waals surface area contributed by atoms with Gasteiger partial charge in [-0.1, -0.05) is 48.5 Å². The van der Waals surface area contributed by atoms with Gasteiger partial charge in [0.05, 0.1) is 4.91 Å². The Morgan fingerprint density at radius 2 is 1.69 bits per heavy atom. The normalized spacial score (nSPS) is 15.5. The van der Waals surface area contributed by atoms with Crippen LogP contribution < -0.4 is 0 Å². The summed E-state index contributed by atoms with van der Waals surface area (Å²) in [6.07, 6.45) is 5.39. The zero-order valence-corrected chi connectivity index (χ0v) is 17.1. The molecule has 2 heterocycles. The number of rotatable bonds is 6. The van der Waals surface area contributed by atoms with E-state index in [1.807, 2.05) is 65.4 Å². The zero-order valence-electron chi connectivity index (χ0n) is 16.2. The van der Waals surface area contributed by atoms with Crippen LogP contribution in [-0.2, 0) is 11.2 Å². The average molecular weight is 403 g/mol. The maximum absolute atomic E-state index is 12.8. The first-order chi connectivity index (χ1) is 14.1. The number of hydrogen-bond acceptors (Lipinski definition) is 3. The molecule has 1 aromatic heterocycles. The molecule has 1 fully saturated rings. The van der Waals surface area contributed by atoms with E-state index in [4.69, 9.17) is 0 Å². The molecule has 2 aromatic carbocycles. The lowest BCUT2D eigenvalue weighted by Crippen LogP contribution is -2.29. The Hall–Kier alpha value is -3.05. The lowest BCUT2D eigenvalue weighted by atomic mass is 10.1. The number of nitrogens with zero attached hydrogens (tertiary/aromatic N) is 2. The zero-order chi connectivity index (χ0) is 20.2. The molecule has 4 nitrogen and oxygen atoms in total. The second-order valence-corrected chi connectivity index (χ2v) is 8.01. The first-order valence-electron chi connectivity index (χ1n) is 9.66. The Bertz CT molecular complexity index is 1070. The van der Waals surface area contributed by atoms with Gasteiger partial charge in [-0.2, -0.15) is 0 Å². The number of benzene rings is 2. The van der Waals surface area contributed by atoms with Crippen molar-refractivity contribution >= 4 is 29.0 Å². The molecule has 0 N–H and O–H groups in total. The SMILES string of the molecule is Cc1ccccc1-n1cccc1/C=C1/SC(=O)N(CCCc2ccccc2)C1=O. The smallest absolute Gasteiger partial charge is 0.293 e. The number of hydrogen-bond donors (Lipinski definition) is 0. The van der Waals surface area contributed by atoms with E-state index in [1.165, 1.54) is 10.5 Å². The van der Waals surface area contributed by atoms with Crippen LogP contribution in [-0.4, -0.2) is 27.2 Å². The van der Waals surface area contributed by atoms with Crippen molar-refractivity contribution < 1.29 is 9.59 Å². The molecule has 4 rings (SSSR count). The molecule has 2 amide bonds. The summed E-state index contributed by atoms with van der Waals surface area (Å²) in [4.78, 5) is 27.0. The van der Waals surface area contributed by atoms with Crippen LogP contribution in [0.25, 0.3) is 11.8 Å². The monoisotopic (exact) mass is 402 g/mol. The third kappa shape index (κ3) is 4.20. The predicted molar refractivity (Wildman–Crippen MR) is 118 cm³/mol. The number of aryl methyl sites for hydroxylation is 2. The third-order valence-electron chi connectivity index (χ3n) is 5.00. The van der Waals surface area contributed by atoms with Crippen molar-refractivity contribution in [3.05, 3.63) is 94.7 Å². The van der Waals surface area contributed by atoms with Gasteiger partial charge in [0.15, 0.2) is 0 Å². The summed E-state index contributed by atoms with van der Waals surface area (Å²) in [5.41, 5.74) is 4.30. The van der Waals surface area contributed by atoms with Gasteiger partial charge in [0.2, 0.25) is 0 Å². The molecule has 1 aliphatic heterocycles. The number of carbonyl (C=O) groups is 2. The first-order valence-corrected chi connectivity index (χ1v) is 10.5. The quantitative estimate of drug-likeness (QED) is 0.515. The number of thioether (sulfide) groups is 1. The lowest BCUT2D eigenvalue weighted by Gasteiger charge is -2.12. The van der Waals surface area contributed by atoms with Gasteiger partial charge in [0, 0.05) is 24.1 Å². The van der Waals surface area contributed by atoms with Crippen LogP contribution in [0.2, 0.25) is 0 Å². The molecule has 1 aliphatic rings. The standard InChI is InChI=1S/C24H22N2O2S/c1-18-9-5-6-14-21(18)25-15-8-13-20(25)17-22-23(27)26(24(28)29-22)16-7-12-19-10-3-2-4-11-19/h2-6,8-11,13-15,17H,7,12,16H2,1H3/b22-17+. The van der Waals surface area contributed by atoms with Crippen molar-refractivity contribution in [1.29, 1.82) is 0 Å². The van der Waals surface area contributed by atoms with Crippen LogP contribution in [0.5, 0.6) is 0 Å². The van der Waals surface area contributed by atoms with Gasteiger partial charge in [-0.15, -0.1) is 0 Å². The molecule has 5 heteroatoms. The van der Waals surface area contributed by atoms with Gasteiger partial charge in [0.25, 0.3) is 11.1 Å². The lowest BCUT2D eigenvalue weighted by molar-refractivity contribution is -0.122. The Kier molecular flexibility index (Phi) is 5.67. The maximum atomic E-state index is 12.8. The Balaban J connectivity index is 1.49. The van der Waals surface area contributed by atoms with Gasteiger partial charge in [0.1, 0.15) is 0 Å². The summed E-state index contributed by atoms with van der Waals surface area (Å²) in [6, 6.07) is 22.1. The van der Waals surface area contributed by atoms with E-state index >= 15 is 0 Å². The van der Waals surface area contributed by atoms with Gasteiger partial charge in [-0.05, 0) is 66.9 Å². The van der Waals surface area contributed by atoms with Crippen molar-refractivity contribution in [2.24, 2.45) is 0 Å². The molecular formula is C24H22N2O2S. The van der Waals surface area contributed by atoms with Crippen molar-refractivity contribution in [3.63, 3.8) is 0 Å². The summed E-state index contributed by atoms with van der Waals surface area (Å²) in [6.45, 7) is 2.50. The van der Waals surface area contributed by atoms with Gasteiger partial charge in [-0.25, -0.2) is 0 Å². The van der Waals surface area contributed by atoms with Crippen LogP contribution in [0.1, 0.15) is 23.2 Å². The van der Waals surface area contributed by atoms with Crippen molar-refractivity contribution in [2.75, 3.05) is 6.54 Å². The maximum Gasteiger partial charge on any atom is 0.293 e. The molecule has 0 aliphatic carbocycles. The molecule has 0 bridgehead atoms. The fourth-order valence-electron chi connectivity index (χ4n) is 3.48. The van der Waals surface area contributed by atoms with Crippen LogP contribution in [0, 0.1) is 6.92 Å². The minimum Gasteiger partial charge on any atom is -0.317 e. The van der Waals surface area contributed by atoms with E-state index in [-0.39, 0.29) is 11.1 Å². The highest BCUT2D eigenvalue weighted by molar-refractivity contribution is 8.18. The summed E-state index contributed by atoms with van der Waals surface area (Å²) in [7, 11) is 0. The Morgan fingerprint density at radius 1 is 0.931 bits per heavy atom. The Labute approximate surface area is 174 Å². The number of aromatic nitrogens is 1. The van der Waals surface area contributed by atoms with Crippen LogP contribution in [0.3, 0.4) is 0 Å². The topological polar surface area (TPSA) is 42.3 Å². The fourth-order valence-corrected chi connectivity index (χ4v) is 4.33. The number of para-hydroxylation sites is 1. The second-order valence-electron chi connectivity index (χ2n) is 7.01. The van der Waals surface area contributed by atoms with E-state index < -0.39 is 0 Å². The first kappa shape index (κ1) is 19.3. The van der Waals surface area contributed by atoms with E-state index in [2.05, 4.69) is 25.1 Å². The van der Waals surface area contributed by atoms with Gasteiger partial charge < -0.3 is 4.57 Å². The molecule has 1 saturated heterocycles. The van der Waals surface area contributed by atoms with E-state index in [0.29, 0.717) is 11.4 Å². The highest BCUT2D eigenvalue weighted by Gasteiger charge is 2.34. The number of imide groups is 1. The van der Waals surface area contributed by atoms with E-state index in [1.54, 1.807) is 0 Å². The van der Waals surface area contributed by atoms with E-state index in [0.717, 1.165) is 41.5 Å². The third-order valence-corrected chi connectivity index (χ3v) is 5.91.